The van der Waals surface area contributed by atoms with Gasteiger partial charge in [-0.1, -0.05) is 26.0 Å². The zero-order valence-corrected chi connectivity index (χ0v) is 18.9. The summed E-state index contributed by atoms with van der Waals surface area (Å²) >= 11 is 1.29. The van der Waals surface area contributed by atoms with Crippen molar-refractivity contribution in [3.8, 4) is 11.8 Å². The SMILES string of the molecule is CCC#CCC(C)[C@H](O)C=C[C@H]1CC(F)(F)C(=O)N1CCCc1ccc(C(=O)OC)s1. The van der Waals surface area contributed by atoms with E-state index in [9.17, 15) is 23.5 Å². The molecule has 5 nitrogen and oxygen atoms in total. The van der Waals surface area contributed by atoms with E-state index in [1.54, 1.807) is 12.1 Å². The van der Waals surface area contributed by atoms with Crippen molar-refractivity contribution in [3.05, 3.63) is 34.0 Å². The van der Waals surface area contributed by atoms with Crippen LogP contribution in [0.4, 0.5) is 8.78 Å². The maximum Gasteiger partial charge on any atom is 0.348 e. The average Bonchev–Trinajstić information content (AvgIpc) is 3.29. The number of carbonyl (C=O) groups excluding carboxylic acids is 2. The number of thiophene rings is 1. The smallest absolute Gasteiger partial charge is 0.348 e. The Labute approximate surface area is 186 Å². The van der Waals surface area contributed by atoms with Gasteiger partial charge in [-0.05, 0) is 30.9 Å². The molecule has 2 rings (SSSR count). The molecule has 1 aliphatic heterocycles. The molecule has 1 saturated heterocycles. The normalized spacial score (nSPS) is 19.9. The van der Waals surface area contributed by atoms with Crippen molar-refractivity contribution < 1.29 is 28.2 Å². The van der Waals surface area contributed by atoms with Crippen LogP contribution in [0.1, 0.15) is 54.1 Å². The first-order valence-corrected chi connectivity index (χ1v) is 11.2. The monoisotopic (exact) mass is 453 g/mol. The molecule has 1 N–H and O–H groups in total. The molecule has 0 saturated carbocycles. The third-order valence-electron chi connectivity index (χ3n) is 5.15. The van der Waals surface area contributed by atoms with Crippen LogP contribution in [-0.2, 0) is 16.0 Å². The number of carbonyl (C=O) groups is 2. The lowest BCUT2D eigenvalue weighted by atomic mass is 9.99. The molecule has 170 valence electrons. The van der Waals surface area contributed by atoms with Gasteiger partial charge in [-0.15, -0.1) is 23.2 Å². The van der Waals surface area contributed by atoms with Crippen molar-refractivity contribution in [2.75, 3.05) is 13.7 Å². The van der Waals surface area contributed by atoms with Crippen LogP contribution >= 0.6 is 11.3 Å². The standard InChI is InChI=1S/C23H29F2NO4S/c1-4-5-6-8-16(2)19(27)12-10-17-15-23(24,25)22(29)26(17)14-7-9-18-11-13-20(31-18)21(28)30-3/h10-13,16-17,19,27H,4,7-9,14-15H2,1-3H3/t16?,17-,19+/m0/s1. The lowest BCUT2D eigenvalue weighted by molar-refractivity contribution is -0.148. The van der Waals surface area contributed by atoms with E-state index in [2.05, 4.69) is 16.6 Å². The number of rotatable bonds is 9. The van der Waals surface area contributed by atoms with E-state index in [1.807, 2.05) is 13.8 Å². The second-order valence-corrected chi connectivity index (χ2v) is 8.77. The topological polar surface area (TPSA) is 66.8 Å². The van der Waals surface area contributed by atoms with Crippen LogP contribution in [-0.4, -0.2) is 53.6 Å². The van der Waals surface area contributed by atoms with E-state index >= 15 is 0 Å². The third-order valence-corrected chi connectivity index (χ3v) is 6.27. The largest absolute Gasteiger partial charge is 0.465 e. The van der Waals surface area contributed by atoms with Gasteiger partial charge in [0.1, 0.15) is 4.88 Å². The van der Waals surface area contributed by atoms with E-state index in [-0.39, 0.29) is 12.5 Å². The minimum absolute atomic E-state index is 0.135. The van der Waals surface area contributed by atoms with Crippen molar-refractivity contribution in [1.29, 1.82) is 0 Å². The summed E-state index contributed by atoms with van der Waals surface area (Å²) in [5.41, 5.74) is 0. The number of likely N-dealkylation sites (tertiary alicyclic amines) is 1. The molecule has 1 fully saturated rings. The Morgan fingerprint density at radius 3 is 2.87 bits per heavy atom. The summed E-state index contributed by atoms with van der Waals surface area (Å²) in [7, 11) is 1.31. The molecule has 2 heterocycles. The second-order valence-electron chi connectivity index (χ2n) is 7.60. The molecule has 0 aliphatic carbocycles. The fraction of sp³-hybridized carbons (Fsp3) is 0.565. The highest BCUT2D eigenvalue weighted by molar-refractivity contribution is 7.13. The van der Waals surface area contributed by atoms with E-state index in [1.165, 1.54) is 35.5 Å². The van der Waals surface area contributed by atoms with Crippen LogP contribution in [0.2, 0.25) is 0 Å². The average molecular weight is 454 g/mol. The molecule has 0 spiro atoms. The number of amides is 1. The Morgan fingerprint density at radius 2 is 2.19 bits per heavy atom. The van der Waals surface area contributed by atoms with Crippen LogP contribution in [0.5, 0.6) is 0 Å². The minimum atomic E-state index is -3.40. The molecule has 0 radical (unpaired) electrons. The van der Waals surface area contributed by atoms with Gasteiger partial charge in [-0.3, -0.25) is 4.79 Å². The number of halogens is 2. The molecular formula is C23H29F2NO4S. The van der Waals surface area contributed by atoms with Gasteiger partial charge in [0.05, 0.1) is 19.3 Å². The van der Waals surface area contributed by atoms with Gasteiger partial charge >= 0.3 is 11.9 Å². The minimum Gasteiger partial charge on any atom is -0.465 e. The molecule has 0 aromatic carbocycles. The summed E-state index contributed by atoms with van der Waals surface area (Å²) in [6, 6.07) is 2.70. The lowest BCUT2D eigenvalue weighted by Crippen LogP contribution is -2.36. The van der Waals surface area contributed by atoms with Crippen molar-refractivity contribution >= 4 is 23.2 Å². The molecule has 0 bridgehead atoms. The number of ether oxygens (including phenoxy) is 1. The number of nitrogens with zero attached hydrogens (tertiary/aromatic N) is 1. The fourth-order valence-electron chi connectivity index (χ4n) is 3.32. The highest BCUT2D eigenvalue weighted by Gasteiger charge is 2.52. The maximum absolute atomic E-state index is 14.1. The predicted molar refractivity (Wildman–Crippen MR) is 116 cm³/mol. The van der Waals surface area contributed by atoms with Crippen molar-refractivity contribution in [2.45, 2.75) is 64.0 Å². The van der Waals surface area contributed by atoms with Crippen molar-refractivity contribution in [3.63, 3.8) is 0 Å². The first-order chi connectivity index (χ1) is 14.7. The Balaban J connectivity index is 1.96. The summed E-state index contributed by atoms with van der Waals surface area (Å²) in [5.74, 6) is 0.781. The first-order valence-electron chi connectivity index (χ1n) is 10.4. The Morgan fingerprint density at radius 1 is 1.45 bits per heavy atom. The number of methoxy groups -OCH3 is 1. The van der Waals surface area contributed by atoms with E-state index in [0.29, 0.717) is 24.1 Å². The van der Waals surface area contributed by atoms with Gasteiger partial charge in [-0.2, -0.15) is 8.78 Å². The molecule has 1 aromatic heterocycles. The van der Waals surface area contributed by atoms with Crippen molar-refractivity contribution in [2.24, 2.45) is 5.92 Å². The molecular weight excluding hydrogens is 424 g/mol. The van der Waals surface area contributed by atoms with Crippen LogP contribution in [0, 0.1) is 17.8 Å². The summed E-state index contributed by atoms with van der Waals surface area (Å²) in [6.07, 6.45) is 3.88. The summed E-state index contributed by atoms with van der Waals surface area (Å²) in [5, 5.41) is 10.3. The molecule has 1 aromatic rings. The summed E-state index contributed by atoms with van der Waals surface area (Å²) < 4.78 is 32.8. The zero-order valence-electron chi connectivity index (χ0n) is 18.1. The first kappa shape index (κ1) is 25.0. The van der Waals surface area contributed by atoms with E-state index in [4.69, 9.17) is 0 Å². The highest BCUT2D eigenvalue weighted by Crippen LogP contribution is 2.34. The third kappa shape index (κ3) is 6.88. The molecule has 8 heteroatoms. The van der Waals surface area contributed by atoms with Gasteiger partial charge in [0.25, 0.3) is 5.91 Å². The fourth-order valence-corrected chi connectivity index (χ4v) is 4.28. The molecule has 31 heavy (non-hydrogen) atoms. The van der Waals surface area contributed by atoms with Gasteiger partial charge in [-0.25, -0.2) is 4.79 Å². The zero-order chi connectivity index (χ0) is 23.0. The number of hydrogen-bond acceptors (Lipinski definition) is 5. The molecule has 1 unspecified atom stereocenters. The van der Waals surface area contributed by atoms with Crippen LogP contribution in [0.15, 0.2) is 24.3 Å². The second kappa shape index (κ2) is 11.4. The van der Waals surface area contributed by atoms with Crippen LogP contribution < -0.4 is 0 Å². The lowest BCUT2D eigenvalue weighted by Gasteiger charge is -2.22. The van der Waals surface area contributed by atoms with Crippen LogP contribution in [0.3, 0.4) is 0 Å². The Hall–Kier alpha value is -2.24. The van der Waals surface area contributed by atoms with Gasteiger partial charge < -0.3 is 14.7 Å². The quantitative estimate of drug-likeness (QED) is 0.348. The predicted octanol–water partition coefficient (Wildman–Crippen LogP) is 4.06. The Bertz CT molecular complexity index is 855. The number of alkyl halides is 2. The number of esters is 1. The summed E-state index contributed by atoms with van der Waals surface area (Å²) in [4.78, 5) is 26.3. The number of aliphatic hydroxyl groups is 1. The van der Waals surface area contributed by atoms with Gasteiger partial charge in [0, 0.05) is 30.7 Å². The molecule has 3 atom stereocenters. The van der Waals surface area contributed by atoms with E-state index in [0.717, 1.165) is 11.3 Å². The summed E-state index contributed by atoms with van der Waals surface area (Å²) in [6.45, 7) is 3.95. The van der Waals surface area contributed by atoms with Crippen molar-refractivity contribution in [1.82, 2.24) is 4.90 Å². The van der Waals surface area contributed by atoms with Crippen LogP contribution in [0.25, 0.3) is 0 Å². The van der Waals surface area contributed by atoms with Gasteiger partial charge in [0.15, 0.2) is 0 Å². The molecule has 1 amide bonds. The van der Waals surface area contributed by atoms with E-state index < -0.39 is 36.4 Å². The van der Waals surface area contributed by atoms with Gasteiger partial charge in [0.2, 0.25) is 0 Å². The number of aryl methyl sites for hydroxylation is 1. The highest BCUT2D eigenvalue weighted by atomic mass is 32.1. The maximum atomic E-state index is 14.1. The molecule has 1 aliphatic rings. The number of aliphatic hydroxyl groups excluding tert-OH is 1. The Kier molecular flexibility index (Phi) is 9.20. The number of hydrogen-bond donors (Lipinski definition) is 1.